The Hall–Kier alpha value is -3.41. The van der Waals surface area contributed by atoms with Crippen LogP contribution in [0.25, 0.3) is 0 Å². The third kappa shape index (κ3) is 63.4. The van der Waals surface area contributed by atoms with Crippen molar-refractivity contribution >= 4 is 17.9 Å². The molecule has 0 aromatic heterocycles. The van der Waals surface area contributed by atoms with Gasteiger partial charge in [-0.1, -0.05) is 292 Å². The van der Waals surface area contributed by atoms with Gasteiger partial charge in [-0.15, -0.1) is 0 Å². The van der Waals surface area contributed by atoms with Gasteiger partial charge in [-0.05, 0) is 109 Å². The van der Waals surface area contributed by atoms with E-state index in [2.05, 4.69) is 106 Å². The molecule has 1 atom stereocenters. The molecule has 0 bridgehead atoms. The zero-order valence-electron chi connectivity index (χ0n) is 51.7. The summed E-state index contributed by atoms with van der Waals surface area (Å²) in [6.45, 7) is 6.48. The number of ether oxygens (including phenoxy) is 3. The largest absolute Gasteiger partial charge is 0.462 e. The van der Waals surface area contributed by atoms with Crippen molar-refractivity contribution in [1.82, 2.24) is 0 Å². The lowest BCUT2D eigenvalue weighted by Crippen LogP contribution is -2.30. The zero-order valence-corrected chi connectivity index (χ0v) is 51.7. The highest BCUT2D eigenvalue weighted by Crippen LogP contribution is 2.17. The average Bonchev–Trinajstić information content (AvgIpc) is 3.44. The molecule has 450 valence electrons. The molecule has 0 aliphatic carbocycles. The number of allylic oxidation sites excluding steroid dienone is 14. The molecule has 0 aliphatic rings. The molecule has 0 amide bonds. The molecule has 0 N–H and O–H groups in total. The lowest BCUT2D eigenvalue weighted by molar-refractivity contribution is -0.167. The van der Waals surface area contributed by atoms with Crippen molar-refractivity contribution in [2.45, 2.75) is 341 Å². The van der Waals surface area contributed by atoms with Gasteiger partial charge in [-0.25, -0.2) is 0 Å². The fraction of sp³-hybridized carbons (Fsp3) is 0.764. The van der Waals surface area contributed by atoms with E-state index in [9.17, 15) is 14.4 Å². The van der Waals surface area contributed by atoms with Crippen molar-refractivity contribution in [2.75, 3.05) is 13.2 Å². The standard InChI is InChI=1S/C72H126O6/c1-4-7-10-13-16-19-22-24-26-28-30-32-33-34-35-36-37-38-39-41-42-44-46-48-50-53-56-59-62-65-71(74)77-68-69(67-76-70(73)64-61-58-55-52-21-18-15-12-9-6-3)78-72(75)66-63-60-57-54-51-49-47-45-43-40-31-29-27-25-23-20-17-14-11-8-5-2/h7,10,12,15-16,19,23-26,29-32,69H,4-6,8-9,11,13-14,17-18,20-22,27-28,33-68H2,1-3H3/b10-7-,15-12-,19-16-,25-23-,26-24-,31-29-,32-30-. The van der Waals surface area contributed by atoms with Crippen molar-refractivity contribution in [3.63, 3.8) is 0 Å². The molecule has 0 heterocycles. The molecular weight excluding hydrogens is 961 g/mol. The highest BCUT2D eigenvalue weighted by Gasteiger charge is 2.19. The van der Waals surface area contributed by atoms with Gasteiger partial charge in [0.15, 0.2) is 6.10 Å². The second-order valence-electron chi connectivity index (χ2n) is 22.3. The molecule has 6 nitrogen and oxygen atoms in total. The molecule has 0 rings (SSSR count). The highest BCUT2D eigenvalue weighted by atomic mass is 16.6. The van der Waals surface area contributed by atoms with Crippen molar-refractivity contribution in [3.8, 4) is 0 Å². The minimum absolute atomic E-state index is 0.0781. The van der Waals surface area contributed by atoms with Crippen LogP contribution in [0.2, 0.25) is 0 Å². The van der Waals surface area contributed by atoms with Crippen LogP contribution in [0.5, 0.6) is 0 Å². The van der Waals surface area contributed by atoms with Gasteiger partial charge in [-0.2, -0.15) is 0 Å². The Labute approximate surface area is 484 Å². The molecule has 0 aliphatic heterocycles. The summed E-state index contributed by atoms with van der Waals surface area (Å²) in [5, 5.41) is 0. The zero-order chi connectivity index (χ0) is 56.4. The number of unbranched alkanes of at least 4 members (excludes halogenated alkanes) is 36. The number of hydrogen-bond acceptors (Lipinski definition) is 6. The van der Waals surface area contributed by atoms with Crippen molar-refractivity contribution < 1.29 is 28.6 Å². The van der Waals surface area contributed by atoms with Crippen LogP contribution in [0.4, 0.5) is 0 Å². The average molecular weight is 1090 g/mol. The maximum absolute atomic E-state index is 12.9. The second kappa shape index (κ2) is 66.1. The Balaban J connectivity index is 4.18. The van der Waals surface area contributed by atoms with Gasteiger partial charge in [-0.3, -0.25) is 14.4 Å². The van der Waals surface area contributed by atoms with Gasteiger partial charge in [0.1, 0.15) is 13.2 Å². The van der Waals surface area contributed by atoms with E-state index in [-0.39, 0.29) is 31.1 Å². The summed E-state index contributed by atoms with van der Waals surface area (Å²) >= 11 is 0. The van der Waals surface area contributed by atoms with Gasteiger partial charge >= 0.3 is 17.9 Å². The number of hydrogen-bond donors (Lipinski definition) is 0. The first-order valence-electron chi connectivity index (χ1n) is 33.6. The predicted octanol–water partition coefficient (Wildman–Crippen LogP) is 23.1. The minimum Gasteiger partial charge on any atom is -0.462 e. The maximum atomic E-state index is 12.9. The Morgan fingerprint density at radius 1 is 0.269 bits per heavy atom. The summed E-state index contributed by atoms with van der Waals surface area (Å²) in [6, 6.07) is 0. The van der Waals surface area contributed by atoms with Crippen LogP contribution in [-0.4, -0.2) is 37.2 Å². The highest BCUT2D eigenvalue weighted by molar-refractivity contribution is 5.71. The summed E-state index contributed by atoms with van der Waals surface area (Å²) in [4.78, 5) is 38.3. The molecule has 1 unspecified atom stereocenters. The SMILES string of the molecule is CC/C=C\C/C=C\C/C=C\C/C=C\CCCCCCCCCCCCCCCCCCC(=O)OCC(COC(=O)CCCCCCC/C=C\CCC)OC(=O)CCCCCCCCCCC/C=C\C/C=C\CCCCCCC. The summed E-state index contributed by atoms with van der Waals surface area (Å²) in [5.74, 6) is -0.879. The first-order chi connectivity index (χ1) is 38.5. The fourth-order valence-electron chi connectivity index (χ4n) is 9.59. The number of esters is 3. The predicted molar refractivity (Wildman–Crippen MR) is 339 cm³/mol. The quantitative estimate of drug-likeness (QED) is 0.0261. The van der Waals surface area contributed by atoms with Crippen LogP contribution in [0.3, 0.4) is 0 Å². The van der Waals surface area contributed by atoms with Crippen LogP contribution in [0, 0.1) is 0 Å². The molecule has 6 heteroatoms. The number of rotatable bonds is 61. The molecule has 78 heavy (non-hydrogen) atoms. The number of carbonyl (C=O) groups excluding carboxylic acids is 3. The lowest BCUT2D eigenvalue weighted by Gasteiger charge is -2.18. The molecule has 0 aromatic rings. The van der Waals surface area contributed by atoms with Crippen LogP contribution < -0.4 is 0 Å². The summed E-state index contributed by atoms with van der Waals surface area (Å²) in [6.07, 6.45) is 87.5. The summed E-state index contributed by atoms with van der Waals surface area (Å²) in [7, 11) is 0. The topological polar surface area (TPSA) is 78.9 Å². The van der Waals surface area contributed by atoms with Crippen molar-refractivity contribution in [1.29, 1.82) is 0 Å². The van der Waals surface area contributed by atoms with Crippen LogP contribution in [0.15, 0.2) is 85.1 Å². The van der Waals surface area contributed by atoms with E-state index < -0.39 is 6.10 Å². The molecular formula is C72H126O6. The third-order valence-electron chi connectivity index (χ3n) is 14.6. The molecule has 0 fully saturated rings. The molecule has 0 radical (unpaired) electrons. The first-order valence-corrected chi connectivity index (χ1v) is 33.6. The molecule has 0 spiro atoms. The summed E-state index contributed by atoms with van der Waals surface area (Å²) < 4.78 is 16.9. The first kappa shape index (κ1) is 74.6. The van der Waals surface area contributed by atoms with E-state index in [0.717, 1.165) is 103 Å². The Morgan fingerprint density at radius 2 is 0.526 bits per heavy atom. The Bertz CT molecular complexity index is 1480. The van der Waals surface area contributed by atoms with Gasteiger partial charge in [0.25, 0.3) is 0 Å². The van der Waals surface area contributed by atoms with Crippen LogP contribution >= 0.6 is 0 Å². The molecule has 0 saturated heterocycles. The smallest absolute Gasteiger partial charge is 0.306 e. The maximum Gasteiger partial charge on any atom is 0.306 e. The van der Waals surface area contributed by atoms with Crippen molar-refractivity contribution in [2.24, 2.45) is 0 Å². The molecule has 0 aromatic carbocycles. The van der Waals surface area contributed by atoms with E-state index in [1.54, 1.807) is 0 Å². The van der Waals surface area contributed by atoms with Crippen LogP contribution in [0.1, 0.15) is 335 Å². The van der Waals surface area contributed by atoms with Gasteiger partial charge in [0.2, 0.25) is 0 Å². The van der Waals surface area contributed by atoms with Gasteiger partial charge in [0, 0.05) is 19.3 Å². The van der Waals surface area contributed by atoms with E-state index in [0.29, 0.717) is 19.3 Å². The fourth-order valence-corrected chi connectivity index (χ4v) is 9.59. The van der Waals surface area contributed by atoms with E-state index in [1.807, 2.05) is 0 Å². The van der Waals surface area contributed by atoms with Crippen LogP contribution in [-0.2, 0) is 28.6 Å². The Kier molecular flexibility index (Phi) is 63.2. The lowest BCUT2D eigenvalue weighted by atomic mass is 10.0. The van der Waals surface area contributed by atoms with Gasteiger partial charge < -0.3 is 14.2 Å². The van der Waals surface area contributed by atoms with Gasteiger partial charge in [0.05, 0.1) is 0 Å². The number of carbonyl (C=O) groups is 3. The minimum atomic E-state index is -0.781. The third-order valence-corrected chi connectivity index (χ3v) is 14.6. The normalized spacial score (nSPS) is 12.6. The van der Waals surface area contributed by atoms with E-state index >= 15 is 0 Å². The van der Waals surface area contributed by atoms with Crippen molar-refractivity contribution in [3.05, 3.63) is 85.1 Å². The second-order valence-corrected chi connectivity index (χ2v) is 22.3. The monoisotopic (exact) mass is 1090 g/mol. The van der Waals surface area contributed by atoms with E-state index in [4.69, 9.17) is 14.2 Å². The Morgan fingerprint density at radius 3 is 0.846 bits per heavy atom. The summed E-state index contributed by atoms with van der Waals surface area (Å²) in [5.41, 5.74) is 0. The molecule has 0 saturated carbocycles. The van der Waals surface area contributed by atoms with E-state index in [1.165, 1.54) is 193 Å².